The van der Waals surface area contributed by atoms with E-state index in [2.05, 4.69) is 10.3 Å². The van der Waals surface area contributed by atoms with Crippen LogP contribution in [0, 0.1) is 11.6 Å². The van der Waals surface area contributed by atoms with Crippen LogP contribution in [-0.2, 0) is 0 Å². The molecule has 4 nitrogen and oxygen atoms in total. The van der Waals surface area contributed by atoms with Gasteiger partial charge in [-0.05, 0) is 12.1 Å². The summed E-state index contributed by atoms with van der Waals surface area (Å²) in [6.45, 7) is 0. The Kier molecular flexibility index (Phi) is 2.75. The third-order valence-corrected chi connectivity index (χ3v) is 3.28. The van der Waals surface area contributed by atoms with Crippen molar-refractivity contribution in [3.63, 3.8) is 0 Å². The molecule has 19 heavy (non-hydrogen) atoms. The number of hydrogen-bond donors (Lipinski definition) is 1. The molecule has 0 saturated heterocycles. The van der Waals surface area contributed by atoms with E-state index >= 15 is 0 Å². The molecule has 0 spiro atoms. The Morgan fingerprint density at radius 2 is 2.21 bits per heavy atom. The molecule has 96 valence electrons. The Labute approximate surface area is 110 Å². The van der Waals surface area contributed by atoms with Crippen LogP contribution in [0.15, 0.2) is 36.0 Å². The second-order valence-corrected chi connectivity index (χ2v) is 4.67. The lowest BCUT2D eigenvalue weighted by molar-refractivity contribution is 0.102. The van der Waals surface area contributed by atoms with Crippen LogP contribution in [0.5, 0.6) is 0 Å². The van der Waals surface area contributed by atoms with Crippen molar-refractivity contribution in [3.8, 4) is 0 Å². The van der Waals surface area contributed by atoms with Gasteiger partial charge >= 0.3 is 0 Å². The summed E-state index contributed by atoms with van der Waals surface area (Å²) in [6, 6.07) is 2.95. The van der Waals surface area contributed by atoms with E-state index in [0.29, 0.717) is 11.0 Å². The lowest BCUT2D eigenvalue weighted by Gasteiger charge is -2.04. The molecule has 2 aromatic heterocycles. The van der Waals surface area contributed by atoms with E-state index in [-0.39, 0.29) is 11.4 Å². The zero-order valence-corrected chi connectivity index (χ0v) is 10.2. The molecule has 2 heterocycles. The first kappa shape index (κ1) is 11.8. The summed E-state index contributed by atoms with van der Waals surface area (Å²) in [5, 5.41) is 4.19. The molecule has 1 aromatic carbocycles. The first-order valence-electron chi connectivity index (χ1n) is 5.32. The lowest BCUT2D eigenvalue weighted by atomic mass is 10.3. The molecule has 0 fully saturated rings. The van der Waals surface area contributed by atoms with E-state index in [1.807, 2.05) is 5.38 Å². The molecule has 3 rings (SSSR count). The number of imidazole rings is 1. The van der Waals surface area contributed by atoms with E-state index in [4.69, 9.17) is 0 Å². The van der Waals surface area contributed by atoms with Crippen LogP contribution in [0.4, 0.5) is 14.5 Å². The van der Waals surface area contributed by atoms with Gasteiger partial charge in [-0.25, -0.2) is 13.8 Å². The minimum Gasteiger partial charge on any atom is -0.318 e. The molecule has 0 aliphatic heterocycles. The number of nitrogens with one attached hydrogen (secondary N) is 1. The lowest BCUT2D eigenvalue weighted by Crippen LogP contribution is -2.13. The van der Waals surface area contributed by atoms with Gasteiger partial charge in [0.2, 0.25) is 0 Å². The zero-order valence-electron chi connectivity index (χ0n) is 9.43. The highest BCUT2D eigenvalue weighted by molar-refractivity contribution is 7.15. The van der Waals surface area contributed by atoms with Gasteiger partial charge in [-0.15, -0.1) is 11.3 Å². The summed E-state index contributed by atoms with van der Waals surface area (Å²) in [5.74, 6) is -2.06. The van der Waals surface area contributed by atoms with Crippen molar-refractivity contribution < 1.29 is 13.6 Å². The fourth-order valence-corrected chi connectivity index (χ4v) is 2.31. The molecule has 0 saturated carbocycles. The van der Waals surface area contributed by atoms with Gasteiger partial charge in [0.15, 0.2) is 4.96 Å². The van der Waals surface area contributed by atoms with Crippen LogP contribution in [0.1, 0.15) is 10.5 Å². The minimum atomic E-state index is -0.825. The molecule has 7 heteroatoms. The molecule has 0 aliphatic carbocycles. The molecule has 1 amide bonds. The standard InChI is InChI=1S/C12H7F2N3OS/c13-7-1-2-9(8(14)5-7)15-11(18)10-6-17-3-4-19-12(17)16-10/h1-6H,(H,15,18). The predicted molar refractivity (Wildman–Crippen MR) is 67.4 cm³/mol. The van der Waals surface area contributed by atoms with Crippen molar-refractivity contribution in [2.75, 3.05) is 5.32 Å². The summed E-state index contributed by atoms with van der Waals surface area (Å²) >= 11 is 1.39. The van der Waals surface area contributed by atoms with Crippen LogP contribution >= 0.6 is 11.3 Å². The van der Waals surface area contributed by atoms with Crippen LogP contribution < -0.4 is 5.32 Å². The van der Waals surface area contributed by atoms with Gasteiger partial charge in [0.05, 0.1) is 5.69 Å². The van der Waals surface area contributed by atoms with Gasteiger partial charge in [-0.3, -0.25) is 9.20 Å². The van der Waals surface area contributed by atoms with Gasteiger partial charge < -0.3 is 5.32 Å². The maximum absolute atomic E-state index is 13.4. The largest absolute Gasteiger partial charge is 0.318 e. The monoisotopic (exact) mass is 279 g/mol. The summed E-state index contributed by atoms with van der Waals surface area (Å²) in [4.78, 5) is 16.6. The minimum absolute atomic E-state index is 0.0808. The van der Waals surface area contributed by atoms with Gasteiger partial charge in [0, 0.05) is 23.8 Å². The molecular formula is C12H7F2N3OS. The van der Waals surface area contributed by atoms with Crippen LogP contribution in [0.2, 0.25) is 0 Å². The average molecular weight is 279 g/mol. The van der Waals surface area contributed by atoms with Crippen molar-refractivity contribution in [3.05, 3.63) is 53.3 Å². The van der Waals surface area contributed by atoms with Crippen LogP contribution in [-0.4, -0.2) is 15.3 Å². The summed E-state index contributed by atoms with van der Waals surface area (Å²) in [7, 11) is 0. The predicted octanol–water partition coefficient (Wildman–Crippen LogP) is 2.93. The molecule has 3 aromatic rings. The number of carbonyl (C=O) groups is 1. The highest BCUT2D eigenvalue weighted by atomic mass is 32.1. The number of rotatable bonds is 2. The van der Waals surface area contributed by atoms with E-state index in [0.717, 1.165) is 6.07 Å². The highest BCUT2D eigenvalue weighted by Gasteiger charge is 2.13. The summed E-state index contributed by atoms with van der Waals surface area (Å²) < 4.78 is 27.8. The normalized spacial score (nSPS) is 10.8. The number of fused-ring (bicyclic) bond motifs is 1. The van der Waals surface area contributed by atoms with Crippen LogP contribution in [0.25, 0.3) is 4.96 Å². The van der Waals surface area contributed by atoms with Crippen molar-refractivity contribution in [2.45, 2.75) is 0 Å². The molecule has 0 unspecified atom stereocenters. The summed E-state index contributed by atoms with van der Waals surface area (Å²) in [5.41, 5.74) is 0.0957. The average Bonchev–Trinajstić information content (AvgIpc) is 2.93. The van der Waals surface area contributed by atoms with Gasteiger partial charge in [-0.1, -0.05) is 0 Å². The highest BCUT2D eigenvalue weighted by Crippen LogP contribution is 2.17. The Morgan fingerprint density at radius 3 is 2.95 bits per heavy atom. The fraction of sp³-hybridized carbons (Fsp3) is 0. The van der Waals surface area contributed by atoms with Crippen molar-refractivity contribution in [2.24, 2.45) is 0 Å². The molecule has 0 atom stereocenters. The van der Waals surface area contributed by atoms with Crippen molar-refractivity contribution in [1.29, 1.82) is 0 Å². The van der Waals surface area contributed by atoms with Crippen LogP contribution in [0.3, 0.4) is 0 Å². The number of amides is 1. The van der Waals surface area contributed by atoms with E-state index in [1.54, 1.807) is 16.8 Å². The maximum atomic E-state index is 13.4. The number of aromatic nitrogens is 2. The SMILES string of the molecule is O=C(Nc1ccc(F)cc1F)c1cn2ccsc2n1. The molecule has 0 bridgehead atoms. The number of benzene rings is 1. The summed E-state index contributed by atoms with van der Waals surface area (Å²) in [6.07, 6.45) is 3.31. The molecule has 1 N–H and O–H groups in total. The first-order chi connectivity index (χ1) is 9.13. The Morgan fingerprint density at radius 1 is 1.37 bits per heavy atom. The number of nitrogens with zero attached hydrogens (tertiary/aromatic N) is 2. The topological polar surface area (TPSA) is 46.4 Å². The van der Waals surface area contributed by atoms with Gasteiger partial charge in [-0.2, -0.15) is 0 Å². The molecule has 0 radical (unpaired) electrons. The Balaban J connectivity index is 1.86. The first-order valence-corrected chi connectivity index (χ1v) is 6.20. The third kappa shape index (κ3) is 2.19. The van der Waals surface area contributed by atoms with Crippen molar-refractivity contribution >= 4 is 27.9 Å². The number of halogens is 2. The molecule has 0 aliphatic rings. The van der Waals surface area contributed by atoms with Gasteiger partial charge in [0.1, 0.15) is 17.3 Å². The maximum Gasteiger partial charge on any atom is 0.275 e. The van der Waals surface area contributed by atoms with E-state index in [1.165, 1.54) is 17.4 Å². The van der Waals surface area contributed by atoms with E-state index < -0.39 is 17.5 Å². The Hall–Kier alpha value is -2.28. The third-order valence-electron chi connectivity index (χ3n) is 2.51. The second-order valence-electron chi connectivity index (χ2n) is 3.80. The number of hydrogen-bond acceptors (Lipinski definition) is 3. The van der Waals surface area contributed by atoms with Crippen molar-refractivity contribution in [1.82, 2.24) is 9.38 Å². The smallest absolute Gasteiger partial charge is 0.275 e. The number of anilines is 1. The fourth-order valence-electron chi connectivity index (χ4n) is 1.61. The number of carbonyl (C=O) groups excluding carboxylic acids is 1. The van der Waals surface area contributed by atoms with Gasteiger partial charge in [0.25, 0.3) is 5.91 Å². The van der Waals surface area contributed by atoms with E-state index in [9.17, 15) is 13.6 Å². The number of thiazole rings is 1. The second kappa shape index (κ2) is 4.43. The Bertz CT molecular complexity index is 737. The molecular weight excluding hydrogens is 272 g/mol. The zero-order chi connectivity index (χ0) is 13.4. The quantitative estimate of drug-likeness (QED) is 0.784.